The fourth-order valence-electron chi connectivity index (χ4n) is 5.75. The van der Waals surface area contributed by atoms with Crippen molar-refractivity contribution in [1.29, 1.82) is 5.26 Å². The largest absolute Gasteiger partial charge is 0.493 e. The van der Waals surface area contributed by atoms with Crippen LogP contribution in [0.3, 0.4) is 0 Å². The van der Waals surface area contributed by atoms with Gasteiger partial charge in [0.15, 0.2) is 0 Å². The average Bonchev–Trinajstić information content (AvgIpc) is 3.20. The van der Waals surface area contributed by atoms with Gasteiger partial charge in [0.25, 0.3) is 17.7 Å². The number of benzene rings is 2. The van der Waals surface area contributed by atoms with Gasteiger partial charge in [0.1, 0.15) is 11.3 Å². The molecule has 3 aliphatic rings. The van der Waals surface area contributed by atoms with E-state index in [1.807, 2.05) is 24.3 Å². The second-order valence-corrected chi connectivity index (χ2v) is 10.9. The van der Waals surface area contributed by atoms with Crippen LogP contribution in [0.4, 0.5) is 0 Å². The van der Waals surface area contributed by atoms with Crippen molar-refractivity contribution in [3.8, 4) is 11.8 Å². The summed E-state index contributed by atoms with van der Waals surface area (Å²) < 4.78 is 5.97. The zero-order valence-corrected chi connectivity index (χ0v) is 22.4. The molecule has 0 unspecified atom stereocenters. The zero-order valence-electron chi connectivity index (χ0n) is 21.7. The van der Waals surface area contributed by atoms with Crippen LogP contribution in [-0.2, 0) is 15.0 Å². The Balaban J connectivity index is 1.19. The van der Waals surface area contributed by atoms with Crippen LogP contribution in [0.1, 0.15) is 65.3 Å². The lowest BCUT2D eigenvalue weighted by Crippen LogP contribution is -2.62. The number of nitriles is 1. The number of nitrogens with one attached hydrogen (secondary N) is 1. The fraction of sp³-hybridized carbons (Fsp3) is 0.414. The van der Waals surface area contributed by atoms with E-state index in [-0.39, 0.29) is 24.0 Å². The number of hydrogen-bond acceptors (Lipinski definition) is 7. The van der Waals surface area contributed by atoms with Gasteiger partial charge in [0.2, 0.25) is 5.91 Å². The highest BCUT2D eigenvalue weighted by atomic mass is 35.5. The topological polar surface area (TPSA) is 120 Å². The Morgan fingerprint density at radius 3 is 2.46 bits per heavy atom. The minimum Gasteiger partial charge on any atom is -0.493 e. The number of imide groups is 2. The number of carbonyl (C=O) groups excluding carboxylic acids is 4. The Labute approximate surface area is 231 Å². The number of fused-ring (bicyclic) bond motifs is 1. The molecule has 0 bridgehead atoms. The van der Waals surface area contributed by atoms with E-state index < -0.39 is 34.6 Å². The van der Waals surface area contributed by atoms with Crippen molar-refractivity contribution in [2.75, 3.05) is 26.2 Å². The third kappa shape index (κ3) is 4.68. The van der Waals surface area contributed by atoms with Crippen LogP contribution in [0.15, 0.2) is 42.5 Å². The highest BCUT2D eigenvalue weighted by Crippen LogP contribution is 2.39. The third-order valence-corrected chi connectivity index (χ3v) is 8.47. The number of halogens is 1. The second kappa shape index (κ2) is 10.4. The smallest absolute Gasteiger partial charge is 0.266 e. The molecule has 2 aromatic carbocycles. The predicted octanol–water partition coefficient (Wildman–Crippen LogP) is 3.46. The number of carbonyl (C=O) groups is 4. The van der Waals surface area contributed by atoms with Gasteiger partial charge in [0, 0.05) is 18.0 Å². The first-order chi connectivity index (χ1) is 18.7. The number of likely N-dealkylation sites (tertiary alicyclic amines) is 1. The number of ether oxygens (including phenoxy) is 1. The highest BCUT2D eigenvalue weighted by Gasteiger charge is 2.53. The van der Waals surface area contributed by atoms with Gasteiger partial charge in [-0.1, -0.05) is 35.9 Å². The molecular weight excluding hydrogens is 520 g/mol. The first-order valence-corrected chi connectivity index (χ1v) is 13.5. The number of amides is 4. The van der Waals surface area contributed by atoms with E-state index in [0.717, 1.165) is 30.1 Å². The molecule has 3 aliphatic heterocycles. The quantitative estimate of drug-likeness (QED) is 0.415. The molecule has 202 valence electrons. The Kier molecular flexibility index (Phi) is 7.19. The summed E-state index contributed by atoms with van der Waals surface area (Å²) in [6.07, 6.45) is 2.17. The van der Waals surface area contributed by atoms with Crippen molar-refractivity contribution in [2.24, 2.45) is 0 Å². The maximum atomic E-state index is 13.4. The van der Waals surface area contributed by atoms with Crippen LogP contribution >= 0.6 is 11.6 Å². The van der Waals surface area contributed by atoms with E-state index in [4.69, 9.17) is 16.3 Å². The number of piperidine rings is 2. The zero-order chi connectivity index (χ0) is 27.8. The fourth-order valence-corrected chi connectivity index (χ4v) is 6.07. The summed E-state index contributed by atoms with van der Waals surface area (Å²) in [5.41, 5.74) is -0.824. The standard InChI is InChI=1S/C29H29ClN4O5/c1-28(11-10-23(35)32-27(28)38)34-25(36)19-6-4-9-22(24(19)26(34)37)39-17-5-14-33-15-12-29(18-31,13-16-33)20-7-2-3-8-21(20)30/h2-4,6-9H,5,10-17H2,1H3,(H,32,35,38)/t28-/m0/s1. The van der Waals surface area contributed by atoms with Gasteiger partial charge in [0.05, 0.1) is 29.2 Å². The van der Waals surface area contributed by atoms with Crippen molar-refractivity contribution in [2.45, 2.75) is 50.0 Å². The number of nitrogens with zero attached hydrogens (tertiary/aromatic N) is 3. The van der Waals surface area contributed by atoms with Crippen LogP contribution in [0.5, 0.6) is 5.75 Å². The van der Waals surface area contributed by atoms with E-state index in [1.54, 1.807) is 18.2 Å². The summed E-state index contributed by atoms with van der Waals surface area (Å²) in [7, 11) is 0. The summed E-state index contributed by atoms with van der Waals surface area (Å²) in [6.45, 7) is 4.09. The van der Waals surface area contributed by atoms with E-state index in [1.165, 1.54) is 6.92 Å². The summed E-state index contributed by atoms with van der Waals surface area (Å²) in [5, 5.41) is 12.8. The minimum atomic E-state index is -1.45. The van der Waals surface area contributed by atoms with Crippen molar-refractivity contribution < 1.29 is 23.9 Å². The summed E-state index contributed by atoms with van der Waals surface area (Å²) in [6, 6.07) is 14.9. The molecule has 0 saturated carbocycles. The first kappa shape index (κ1) is 26.9. The Morgan fingerprint density at radius 2 is 1.77 bits per heavy atom. The molecule has 2 aromatic rings. The van der Waals surface area contributed by atoms with Crippen molar-refractivity contribution in [3.63, 3.8) is 0 Å². The van der Waals surface area contributed by atoms with Gasteiger partial charge in [-0.15, -0.1) is 0 Å². The van der Waals surface area contributed by atoms with Gasteiger partial charge in [-0.2, -0.15) is 5.26 Å². The Morgan fingerprint density at radius 1 is 1.03 bits per heavy atom. The first-order valence-electron chi connectivity index (χ1n) is 13.1. The molecule has 4 amide bonds. The normalized spacial score (nSPS) is 22.8. The van der Waals surface area contributed by atoms with Crippen LogP contribution in [0, 0.1) is 11.3 Å². The van der Waals surface area contributed by atoms with E-state index >= 15 is 0 Å². The molecule has 1 atom stereocenters. The minimum absolute atomic E-state index is 0.0450. The lowest BCUT2D eigenvalue weighted by atomic mass is 9.74. The van der Waals surface area contributed by atoms with Crippen molar-refractivity contribution >= 4 is 35.2 Å². The molecule has 10 heteroatoms. The molecule has 1 N–H and O–H groups in total. The van der Waals surface area contributed by atoms with Gasteiger partial charge in [-0.05, 0) is 69.5 Å². The van der Waals surface area contributed by atoms with Gasteiger partial charge >= 0.3 is 0 Å². The molecule has 0 aliphatic carbocycles. The van der Waals surface area contributed by atoms with Gasteiger partial charge in [-0.3, -0.25) is 29.4 Å². The summed E-state index contributed by atoms with van der Waals surface area (Å²) in [5.74, 6) is -1.95. The van der Waals surface area contributed by atoms with Crippen LogP contribution in [0.2, 0.25) is 5.02 Å². The van der Waals surface area contributed by atoms with E-state index in [0.29, 0.717) is 36.6 Å². The Hall–Kier alpha value is -3.74. The van der Waals surface area contributed by atoms with Gasteiger partial charge < -0.3 is 9.64 Å². The van der Waals surface area contributed by atoms with Crippen LogP contribution in [0.25, 0.3) is 0 Å². The van der Waals surface area contributed by atoms with E-state index in [9.17, 15) is 24.4 Å². The molecule has 3 heterocycles. The van der Waals surface area contributed by atoms with Crippen molar-refractivity contribution in [1.82, 2.24) is 15.1 Å². The second-order valence-electron chi connectivity index (χ2n) is 10.5. The summed E-state index contributed by atoms with van der Waals surface area (Å²) >= 11 is 6.39. The van der Waals surface area contributed by atoms with Crippen molar-refractivity contribution in [3.05, 3.63) is 64.2 Å². The average molecular weight is 549 g/mol. The molecule has 0 aromatic heterocycles. The molecule has 39 heavy (non-hydrogen) atoms. The Bertz CT molecular complexity index is 1390. The SMILES string of the molecule is C[C@]1(N2C(=O)c3cccc(OCCCN4CCC(C#N)(c5ccccc5Cl)CC4)c3C2=O)CCC(=O)NC1=O. The third-order valence-electron chi connectivity index (χ3n) is 8.14. The lowest BCUT2D eigenvalue weighted by molar-refractivity contribution is -0.140. The molecule has 9 nitrogen and oxygen atoms in total. The lowest BCUT2D eigenvalue weighted by Gasteiger charge is -2.38. The maximum absolute atomic E-state index is 13.4. The number of hydrogen-bond donors (Lipinski definition) is 1. The molecule has 2 saturated heterocycles. The molecule has 5 rings (SSSR count). The predicted molar refractivity (Wildman–Crippen MR) is 142 cm³/mol. The van der Waals surface area contributed by atoms with E-state index in [2.05, 4.69) is 16.3 Å². The monoisotopic (exact) mass is 548 g/mol. The van der Waals surface area contributed by atoms with Crippen LogP contribution in [-0.4, -0.2) is 65.2 Å². The number of rotatable bonds is 7. The van der Waals surface area contributed by atoms with Crippen LogP contribution < -0.4 is 10.1 Å². The van der Waals surface area contributed by atoms with Gasteiger partial charge in [-0.25, -0.2) is 0 Å². The molecular formula is C29H29ClN4O5. The maximum Gasteiger partial charge on any atom is 0.266 e. The molecule has 2 fully saturated rings. The summed E-state index contributed by atoms with van der Waals surface area (Å²) in [4.78, 5) is 54.1. The highest BCUT2D eigenvalue weighted by molar-refractivity contribution is 6.31. The molecule has 0 radical (unpaired) electrons. The molecule has 0 spiro atoms.